The average molecular weight is 237 g/mol. The molecular formula is C11H19N5O. The van der Waals surface area contributed by atoms with Crippen LogP contribution >= 0.6 is 0 Å². The summed E-state index contributed by atoms with van der Waals surface area (Å²) in [5.74, 6) is 5.61. The fraction of sp³-hybridized carbons (Fsp3) is 0.636. The lowest BCUT2D eigenvalue weighted by Crippen LogP contribution is -2.52. The Kier molecular flexibility index (Phi) is 3.33. The van der Waals surface area contributed by atoms with E-state index in [1.54, 1.807) is 4.90 Å². The normalized spacial score (nSPS) is 16.8. The molecule has 0 unspecified atom stereocenters. The van der Waals surface area contributed by atoms with Crippen LogP contribution in [0.4, 0.5) is 4.79 Å². The minimum absolute atomic E-state index is 0.101. The Hall–Kier alpha value is -1.56. The maximum atomic E-state index is 11.8. The lowest BCUT2D eigenvalue weighted by Gasteiger charge is -2.32. The maximum absolute atomic E-state index is 11.8. The fourth-order valence-electron chi connectivity index (χ4n) is 2.04. The largest absolute Gasteiger partial charge is 0.334 e. The molecule has 2 N–H and O–H groups in total. The molecule has 0 aliphatic carbocycles. The number of amides is 2. The Bertz CT molecular complexity index is 414. The zero-order chi connectivity index (χ0) is 12.4. The third-order valence-electron chi connectivity index (χ3n) is 3.09. The van der Waals surface area contributed by atoms with Crippen LogP contribution in [0.2, 0.25) is 0 Å². The van der Waals surface area contributed by atoms with Gasteiger partial charge in [0, 0.05) is 20.1 Å². The summed E-state index contributed by atoms with van der Waals surface area (Å²) in [4.78, 5) is 13.6. The molecule has 17 heavy (non-hydrogen) atoms. The van der Waals surface area contributed by atoms with Crippen molar-refractivity contribution in [3.63, 3.8) is 0 Å². The van der Waals surface area contributed by atoms with Crippen LogP contribution in [0.5, 0.6) is 0 Å². The third-order valence-corrected chi connectivity index (χ3v) is 3.09. The van der Waals surface area contributed by atoms with Gasteiger partial charge in [-0.3, -0.25) is 9.69 Å². The molecule has 2 rings (SSSR count). The van der Waals surface area contributed by atoms with Crippen LogP contribution in [0.15, 0.2) is 6.07 Å². The summed E-state index contributed by atoms with van der Waals surface area (Å²) in [5, 5.41) is 5.65. The van der Waals surface area contributed by atoms with Crippen molar-refractivity contribution >= 4 is 6.03 Å². The fourth-order valence-corrected chi connectivity index (χ4v) is 2.04. The van der Waals surface area contributed by atoms with Gasteiger partial charge in [0.25, 0.3) is 0 Å². The zero-order valence-corrected chi connectivity index (χ0v) is 10.4. The molecule has 0 spiro atoms. The van der Waals surface area contributed by atoms with Crippen LogP contribution in [-0.4, -0.2) is 38.8 Å². The van der Waals surface area contributed by atoms with Crippen molar-refractivity contribution in [1.29, 1.82) is 0 Å². The number of aromatic nitrogens is 2. The van der Waals surface area contributed by atoms with Gasteiger partial charge in [0.15, 0.2) is 0 Å². The van der Waals surface area contributed by atoms with Gasteiger partial charge in [-0.2, -0.15) is 5.10 Å². The molecule has 1 aromatic heterocycles. The summed E-state index contributed by atoms with van der Waals surface area (Å²) >= 11 is 0. The summed E-state index contributed by atoms with van der Waals surface area (Å²) in [5.41, 5.74) is 2.10. The summed E-state index contributed by atoms with van der Waals surface area (Å²) in [6, 6.07) is 1.94. The minimum atomic E-state index is -0.101. The van der Waals surface area contributed by atoms with E-state index in [0.29, 0.717) is 13.1 Å². The van der Waals surface area contributed by atoms with E-state index in [1.807, 2.05) is 17.8 Å². The van der Waals surface area contributed by atoms with Gasteiger partial charge >= 0.3 is 6.03 Å². The second-order valence-electron chi connectivity index (χ2n) is 4.36. The van der Waals surface area contributed by atoms with Crippen molar-refractivity contribution in [3.05, 3.63) is 17.5 Å². The molecule has 6 nitrogen and oxygen atoms in total. The first-order chi connectivity index (χ1) is 8.11. The minimum Gasteiger partial charge on any atom is -0.318 e. The quantitative estimate of drug-likeness (QED) is 0.614. The predicted octanol–water partition coefficient (Wildman–Crippen LogP) is 0.484. The van der Waals surface area contributed by atoms with E-state index in [1.165, 1.54) is 5.01 Å². The lowest BCUT2D eigenvalue weighted by atomic mass is 10.2. The monoisotopic (exact) mass is 237 g/mol. The molecule has 0 saturated carbocycles. The van der Waals surface area contributed by atoms with E-state index in [9.17, 15) is 4.79 Å². The highest BCUT2D eigenvalue weighted by atomic mass is 16.2. The lowest BCUT2D eigenvalue weighted by molar-refractivity contribution is 0.126. The van der Waals surface area contributed by atoms with E-state index in [0.717, 1.165) is 30.8 Å². The topological polar surface area (TPSA) is 67.4 Å². The molecule has 0 aromatic carbocycles. The summed E-state index contributed by atoms with van der Waals surface area (Å²) in [6.45, 7) is 4.05. The number of nitrogens with zero attached hydrogens (tertiary/aromatic N) is 4. The number of carbonyl (C=O) groups excluding carboxylic acids is 1. The molecule has 6 heteroatoms. The van der Waals surface area contributed by atoms with Crippen molar-refractivity contribution in [3.8, 4) is 0 Å². The smallest absolute Gasteiger partial charge is 0.318 e. The predicted molar refractivity (Wildman–Crippen MR) is 63.9 cm³/mol. The van der Waals surface area contributed by atoms with Crippen LogP contribution in [-0.2, 0) is 20.0 Å². The molecule has 1 saturated heterocycles. The van der Waals surface area contributed by atoms with Gasteiger partial charge in [0.1, 0.15) is 0 Å². The average Bonchev–Trinajstić information content (AvgIpc) is 2.66. The van der Waals surface area contributed by atoms with Crippen molar-refractivity contribution in [2.24, 2.45) is 12.9 Å². The molecule has 0 radical (unpaired) electrons. The zero-order valence-electron chi connectivity index (χ0n) is 10.4. The molecule has 1 aliphatic heterocycles. The van der Waals surface area contributed by atoms with Gasteiger partial charge < -0.3 is 4.90 Å². The molecule has 1 fully saturated rings. The molecule has 2 amide bonds. The third kappa shape index (κ3) is 2.41. The van der Waals surface area contributed by atoms with Gasteiger partial charge in [-0.1, -0.05) is 6.92 Å². The highest BCUT2D eigenvalue weighted by Gasteiger charge is 2.24. The summed E-state index contributed by atoms with van der Waals surface area (Å²) in [7, 11) is 1.91. The van der Waals surface area contributed by atoms with E-state index < -0.39 is 0 Å². The highest BCUT2D eigenvalue weighted by Crippen LogP contribution is 2.12. The Balaban J connectivity index is 2.09. The standard InChI is InChI=1S/C11H19N5O/c1-3-9-7-10(14(2)13-9)8-15-5-4-6-16(12)11(15)17/h7H,3-6,8,12H2,1-2H3. The van der Waals surface area contributed by atoms with Crippen LogP contribution in [0.25, 0.3) is 0 Å². The van der Waals surface area contributed by atoms with Gasteiger partial charge in [0.2, 0.25) is 0 Å². The van der Waals surface area contributed by atoms with Crippen LogP contribution in [0.1, 0.15) is 24.7 Å². The number of hydrogen-bond donors (Lipinski definition) is 1. The van der Waals surface area contributed by atoms with Gasteiger partial charge in [-0.15, -0.1) is 0 Å². The van der Waals surface area contributed by atoms with E-state index in [2.05, 4.69) is 12.0 Å². The van der Waals surface area contributed by atoms with Crippen molar-refractivity contribution in [1.82, 2.24) is 19.7 Å². The Morgan fingerprint density at radius 2 is 2.24 bits per heavy atom. The second kappa shape index (κ2) is 4.75. The molecule has 1 aliphatic rings. The Morgan fingerprint density at radius 3 is 2.88 bits per heavy atom. The van der Waals surface area contributed by atoms with Crippen LogP contribution < -0.4 is 5.84 Å². The molecular weight excluding hydrogens is 218 g/mol. The molecule has 94 valence electrons. The molecule has 2 heterocycles. The molecule has 0 atom stereocenters. The first kappa shape index (κ1) is 11.9. The first-order valence-corrected chi connectivity index (χ1v) is 5.94. The number of hydrogen-bond acceptors (Lipinski definition) is 3. The number of rotatable bonds is 3. The number of urea groups is 1. The van der Waals surface area contributed by atoms with Gasteiger partial charge in [-0.25, -0.2) is 10.6 Å². The molecule has 0 bridgehead atoms. The molecule has 1 aromatic rings. The number of carbonyl (C=O) groups is 1. The highest BCUT2D eigenvalue weighted by molar-refractivity contribution is 5.74. The summed E-state index contributed by atoms with van der Waals surface area (Å²) in [6.07, 6.45) is 1.82. The van der Waals surface area contributed by atoms with Crippen LogP contribution in [0, 0.1) is 0 Å². The Morgan fingerprint density at radius 1 is 1.47 bits per heavy atom. The van der Waals surface area contributed by atoms with Crippen molar-refractivity contribution < 1.29 is 4.79 Å². The SMILES string of the molecule is CCc1cc(CN2CCCN(N)C2=O)n(C)n1. The van der Waals surface area contributed by atoms with Gasteiger partial charge in [0.05, 0.1) is 17.9 Å². The summed E-state index contributed by atoms with van der Waals surface area (Å²) < 4.78 is 1.83. The number of aryl methyl sites for hydroxylation is 2. The van der Waals surface area contributed by atoms with Crippen molar-refractivity contribution in [2.45, 2.75) is 26.3 Å². The van der Waals surface area contributed by atoms with E-state index >= 15 is 0 Å². The van der Waals surface area contributed by atoms with Crippen molar-refractivity contribution in [2.75, 3.05) is 13.1 Å². The number of nitrogens with two attached hydrogens (primary N) is 1. The maximum Gasteiger partial charge on any atom is 0.334 e. The second-order valence-corrected chi connectivity index (χ2v) is 4.36. The van der Waals surface area contributed by atoms with Crippen LogP contribution in [0.3, 0.4) is 0 Å². The van der Waals surface area contributed by atoms with E-state index in [-0.39, 0.29) is 6.03 Å². The van der Waals surface area contributed by atoms with E-state index in [4.69, 9.17) is 5.84 Å². The first-order valence-electron chi connectivity index (χ1n) is 5.94. The van der Waals surface area contributed by atoms with Gasteiger partial charge in [-0.05, 0) is 18.9 Å². The Labute approximate surface area is 101 Å². The number of hydrazine groups is 1.